The second-order valence-electron chi connectivity index (χ2n) is 9.50. The maximum atomic E-state index is 12.3. The van der Waals surface area contributed by atoms with Crippen LogP contribution < -0.4 is 5.32 Å². The number of nitrogens with one attached hydrogen (secondary N) is 2. The summed E-state index contributed by atoms with van der Waals surface area (Å²) in [4.78, 5) is 28.6. The van der Waals surface area contributed by atoms with Crippen LogP contribution in [0.4, 0.5) is 4.79 Å². The number of nitrogens with zero attached hydrogens (tertiary/aromatic N) is 7. The number of aromatic amines is 1. The molecule has 3 aromatic rings. The summed E-state index contributed by atoms with van der Waals surface area (Å²) in [6, 6.07) is 5.23. The third kappa shape index (κ3) is 3.62. The van der Waals surface area contributed by atoms with Gasteiger partial charge in [0.1, 0.15) is 12.0 Å². The molecule has 4 heterocycles. The van der Waals surface area contributed by atoms with Crippen LogP contribution in [0.25, 0.3) is 22.3 Å². The van der Waals surface area contributed by atoms with E-state index in [0.717, 1.165) is 74.2 Å². The fraction of sp³-hybridized carbons (Fsp3) is 0.522. The van der Waals surface area contributed by atoms with Crippen molar-refractivity contribution in [3.05, 3.63) is 31.0 Å². The molecule has 1 aliphatic heterocycles. The Morgan fingerprint density at radius 2 is 2.06 bits per heavy atom. The summed E-state index contributed by atoms with van der Waals surface area (Å²) in [6.45, 7) is 3.27. The number of carbonyl (C=O) groups excluding carboxylic acids is 1. The smallest absolute Gasteiger partial charge is 0.317 e. The second-order valence-corrected chi connectivity index (χ2v) is 9.50. The van der Waals surface area contributed by atoms with Crippen molar-refractivity contribution in [1.29, 1.82) is 5.26 Å². The van der Waals surface area contributed by atoms with Crippen molar-refractivity contribution in [3.8, 4) is 17.3 Å². The van der Waals surface area contributed by atoms with E-state index in [-0.39, 0.29) is 11.6 Å². The molecule has 0 aromatic carbocycles. The molecule has 2 amide bonds. The van der Waals surface area contributed by atoms with Crippen molar-refractivity contribution in [3.63, 3.8) is 0 Å². The number of hydrogen-bond donors (Lipinski definition) is 2. The van der Waals surface area contributed by atoms with Gasteiger partial charge in [-0.05, 0) is 31.7 Å². The van der Waals surface area contributed by atoms with Crippen molar-refractivity contribution in [2.45, 2.75) is 49.7 Å². The summed E-state index contributed by atoms with van der Waals surface area (Å²) >= 11 is 0. The average Bonchev–Trinajstić information content (AvgIpc) is 3.28. The zero-order valence-corrected chi connectivity index (χ0v) is 18.4. The number of hydrogen-bond acceptors (Lipinski definition) is 6. The number of rotatable bonds is 5. The van der Waals surface area contributed by atoms with Crippen molar-refractivity contribution < 1.29 is 4.79 Å². The summed E-state index contributed by atoms with van der Waals surface area (Å²) in [5, 5.41) is 18.3. The quantitative estimate of drug-likeness (QED) is 0.621. The van der Waals surface area contributed by atoms with E-state index in [4.69, 9.17) is 0 Å². The normalized spacial score (nSPS) is 25.5. The molecular weight excluding hydrogens is 418 g/mol. The molecule has 3 aromatic heterocycles. The molecule has 2 N–H and O–H groups in total. The first-order chi connectivity index (χ1) is 16.1. The molecule has 3 aliphatic rings. The number of urea groups is 1. The van der Waals surface area contributed by atoms with E-state index in [1.807, 2.05) is 34.2 Å². The monoisotopic (exact) mass is 445 g/mol. The van der Waals surface area contributed by atoms with Crippen molar-refractivity contribution in [2.24, 2.45) is 0 Å². The maximum absolute atomic E-state index is 12.3. The van der Waals surface area contributed by atoms with Crippen LogP contribution in [-0.2, 0) is 5.54 Å². The zero-order valence-electron chi connectivity index (χ0n) is 18.4. The first-order valence-electron chi connectivity index (χ1n) is 11.7. The van der Waals surface area contributed by atoms with Gasteiger partial charge in [0.25, 0.3) is 0 Å². The van der Waals surface area contributed by atoms with E-state index in [2.05, 4.69) is 36.3 Å². The molecule has 0 spiro atoms. The minimum Gasteiger partial charge on any atom is -0.346 e. The Morgan fingerprint density at radius 1 is 1.24 bits per heavy atom. The predicted molar refractivity (Wildman–Crippen MR) is 121 cm³/mol. The van der Waals surface area contributed by atoms with E-state index in [9.17, 15) is 10.1 Å². The molecule has 2 aliphatic carbocycles. The lowest BCUT2D eigenvalue weighted by Crippen LogP contribution is -2.61. The van der Waals surface area contributed by atoms with Gasteiger partial charge in [-0.1, -0.05) is 0 Å². The van der Waals surface area contributed by atoms with Crippen molar-refractivity contribution >= 4 is 17.1 Å². The van der Waals surface area contributed by atoms with Crippen LogP contribution in [-0.4, -0.2) is 78.8 Å². The number of piperazine rings is 1. The first kappa shape index (κ1) is 20.2. The number of amides is 2. The zero-order chi connectivity index (χ0) is 22.4. The molecule has 10 nitrogen and oxygen atoms in total. The molecule has 0 bridgehead atoms. The van der Waals surface area contributed by atoms with E-state index >= 15 is 0 Å². The third-order valence-corrected chi connectivity index (χ3v) is 7.36. The molecule has 10 heteroatoms. The number of nitriles is 1. The number of aromatic nitrogens is 5. The molecule has 33 heavy (non-hydrogen) atoms. The minimum atomic E-state index is -0.289. The van der Waals surface area contributed by atoms with Crippen LogP contribution in [0, 0.1) is 11.3 Å². The lowest BCUT2D eigenvalue weighted by molar-refractivity contribution is -0.0129. The van der Waals surface area contributed by atoms with E-state index in [0.29, 0.717) is 18.5 Å². The Bertz CT molecular complexity index is 1210. The van der Waals surface area contributed by atoms with Gasteiger partial charge in [-0.3, -0.25) is 9.58 Å². The predicted octanol–water partition coefficient (Wildman–Crippen LogP) is 2.08. The molecule has 3 fully saturated rings. The Kier molecular flexibility index (Phi) is 4.80. The number of fused-ring (bicyclic) bond motifs is 1. The summed E-state index contributed by atoms with van der Waals surface area (Å²) in [6.07, 6.45) is 11.7. The number of H-pyrrole nitrogens is 1. The van der Waals surface area contributed by atoms with Gasteiger partial charge < -0.3 is 15.2 Å². The highest BCUT2D eigenvalue weighted by Gasteiger charge is 2.49. The van der Waals surface area contributed by atoms with Gasteiger partial charge in [0.15, 0.2) is 0 Å². The minimum absolute atomic E-state index is 0.0786. The molecule has 1 saturated heterocycles. The SMILES string of the molecule is N#CCC1(n2cc(-c3ncnc4[nH]ccc34)cn2)CC(N2CCN(C(=O)NC3CC3)CC2)C1. The van der Waals surface area contributed by atoms with Crippen LogP contribution in [0.3, 0.4) is 0 Å². The van der Waals surface area contributed by atoms with Crippen LogP contribution in [0.1, 0.15) is 32.1 Å². The molecule has 0 unspecified atom stereocenters. The highest BCUT2D eigenvalue weighted by molar-refractivity contribution is 5.90. The largest absolute Gasteiger partial charge is 0.346 e. The fourth-order valence-electron chi connectivity index (χ4n) is 5.23. The number of carbonyl (C=O) groups is 1. The molecule has 2 saturated carbocycles. The molecule has 170 valence electrons. The van der Waals surface area contributed by atoms with E-state index < -0.39 is 0 Å². The Hall–Kier alpha value is -3.45. The topological polar surface area (TPSA) is 119 Å². The highest BCUT2D eigenvalue weighted by Crippen LogP contribution is 2.45. The molecule has 6 rings (SSSR count). The summed E-state index contributed by atoms with van der Waals surface area (Å²) in [7, 11) is 0. The maximum Gasteiger partial charge on any atom is 0.317 e. The van der Waals surface area contributed by atoms with Crippen LogP contribution in [0.5, 0.6) is 0 Å². The van der Waals surface area contributed by atoms with Crippen molar-refractivity contribution in [2.75, 3.05) is 26.2 Å². The lowest BCUT2D eigenvalue weighted by atomic mass is 9.70. The Morgan fingerprint density at radius 3 is 2.82 bits per heavy atom. The second kappa shape index (κ2) is 7.85. The highest BCUT2D eigenvalue weighted by atomic mass is 16.2. The third-order valence-electron chi connectivity index (χ3n) is 7.36. The van der Waals surface area contributed by atoms with Gasteiger partial charge >= 0.3 is 6.03 Å². The summed E-state index contributed by atoms with van der Waals surface area (Å²) in [5.74, 6) is 0. The standard InChI is InChI=1S/C23H27N9O/c24-5-4-23(32-14-16(13-28-32)20-19-3-6-25-21(19)27-15-26-20)11-18(12-23)30-7-9-31(10-8-30)22(33)29-17-1-2-17/h3,6,13-15,17-18H,1-2,4,7-12H2,(H,29,33)(H,25,26,27). The molecule has 0 atom stereocenters. The molecular formula is C23H27N9O. The molecule has 0 radical (unpaired) electrons. The van der Waals surface area contributed by atoms with Gasteiger partial charge in [0.05, 0.1) is 29.9 Å². The lowest BCUT2D eigenvalue weighted by Gasteiger charge is -2.52. The van der Waals surface area contributed by atoms with E-state index in [1.165, 1.54) is 0 Å². The van der Waals surface area contributed by atoms with Gasteiger partial charge in [-0.2, -0.15) is 10.4 Å². The van der Waals surface area contributed by atoms with E-state index in [1.54, 1.807) is 6.33 Å². The van der Waals surface area contributed by atoms with Crippen LogP contribution in [0.15, 0.2) is 31.0 Å². The van der Waals surface area contributed by atoms with Gasteiger partial charge in [0.2, 0.25) is 0 Å². The average molecular weight is 446 g/mol. The summed E-state index contributed by atoms with van der Waals surface area (Å²) < 4.78 is 1.97. The Balaban J connectivity index is 1.13. The van der Waals surface area contributed by atoms with Gasteiger partial charge in [-0.25, -0.2) is 14.8 Å². The van der Waals surface area contributed by atoms with Gasteiger partial charge in [0, 0.05) is 61.6 Å². The van der Waals surface area contributed by atoms with Gasteiger partial charge in [-0.15, -0.1) is 0 Å². The van der Waals surface area contributed by atoms with Crippen molar-refractivity contribution in [1.82, 2.24) is 39.8 Å². The van der Waals surface area contributed by atoms with Crippen LogP contribution >= 0.6 is 0 Å². The summed E-state index contributed by atoms with van der Waals surface area (Å²) in [5.41, 5.74) is 2.28. The van der Waals surface area contributed by atoms with Crippen LogP contribution in [0.2, 0.25) is 0 Å². The Labute approximate surface area is 191 Å². The first-order valence-corrected chi connectivity index (χ1v) is 11.7. The fourth-order valence-corrected chi connectivity index (χ4v) is 5.23.